The van der Waals surface area contributed by atoms with E-state index in [1.54, 1.807) is 11.1 Å². The second kappa shape index (κ2) is 3.48. The van der Waals surface area contributed by atoms with E-state index in [9.17, 15) is 0 Å². The fourth-order valence-corrected chi connectivity index (χ4v) is 4.40. The number of hydrogen-bond acceptors (Lipinski definition) is 0. The Hall–Kier alpha value is -0.520. The zero-order valence-corrected chi connectivity index (χ0v) is 10.8. The van der Waals surface area contributed by atoms with Gasteiger partial charge in [-0.3, -0.25) is 0 Å². The zero-order chi connectivity index (χ0) is 11.2. The maximum absolute atomic E-state index is 2.56. The Morgan fingerprint density at radius 3 is 2.50 bits per heavy atom. The maximum Gasteiger partial charge on any atom is -0.00189 e. The number of rotatable bonds is 1. The average Bonchev–Trinajstić information content (AvgIpc) is 2.85. The first-order valence-corrected chi connectivity index (χ1v) is 7.05. The molecule has 0 aromatic carbocycles. The first-order chi connectivity index (χ1) is 7.66. The van der Waals surface area contributed by atoms with Crippen molar-refractivity contribution < 1.29 is 0 Å². The summed E-state index contributed by atoms with van der Waals surface area (Å²) in [7, 11) is 0. The van der Waals surface area contributed by atoms with Crippen molar-refractivity contribution in [3.8, 4) is 0 Å². The van der Waals surface area contributed by atoms with Crippen molar-refractivity contribution in [3.05, 3.63) is 23.3 Å². The van der Waals surface area contributed by atoms with Crippen molar-refractivity contribution in [1.82, 2.24) is 0 Å². The topological polar surface area (TPSA) is 0 Å². The van der Waals surface area contributed by atoms with Gasteiger partial charge < -0.3 is 0 Å². The molecular weight excluding hydrogens is 192 g/mol. The molecule has 88 valence electrons. The van der Waals surface area contributed by atoms with E-state index in [1.165, 1.54) is 51.4 Å². The van der Waals surface area contributed by atoms with Gasteiger partial charge in [0.25, 0.3) is 0 Å². The van der Waals surface area contributed by atoms with Gasteiger partial charge in [0.05, 0.1) is 0 Å². The Kier molecular flexibility index (Phi) is 2.31. The van der Waals surface area contributed by atoms with Crippen molar-refractivity contribution in [3.63, 3.8) is 0 Å². The molecule has 0 saturated heterocycles. The lowest BCUT2D eigenvalue weighted by Gasteiger charge is -2.48. The largest absolute Gasteiger partial charge is 0.0802 e. The van der Waals surface area contributed by atoms with E-state index in [0.717, 1.165) is 0 Å². The molecule has 3 rings (SSSR count). The fraction of sp³-hybridized carbons (Fsp3) is 0.750. The molecule has 0 radical (unpaired) electrons. The highest BCUT2D eigenvalue weighted by Crippen LogP contribution is 2.61. The second-order valence-electron chi connectivity index (χ2n) is 6.58. The summed E-state index contributed by atoms with van der Waals surface area (Å²) in [4.78, 5) is 0. The van der Waals surface area contributed by atoms with Crippen LogP contribution >= 0.6 is 0 Å². The predicted molar refractivity (Wildman–Crippen MR) is 69.3 cm³/mol. The van der Waals surface area contributed by atoms with Crippen LogP contribution in [-0.4, -0.2) is 0 Å². The molecule has 1 unspecified atom stereocenters. The predicted octanol–water partition coefficient (Wildman–Crippen LogP) is 5.01. The van der Waals surface area contributed by atoms with Gasteiger partial charge >= 0.3 is 0 Å². The third kappa shape index (κ3) is 1.28. The molecule has 16 heavy (non-hydrogen) atoms. The van der Waals surface area contributed by atoms with Crippen molar-refractivity contribution in [2.45, 2.75) is 65.2 Å². The quantitative estimate of drug-likeness (QED) is 0.577. The molecule has 1 atom stereocenters. The van der Waals surface area contributed by atoms with Gasteiger partial charge in [-0.25, -0.2) is 0 Å². The summed E-state index contributed by atoms with van der Waals surface area (Å²) < 4.78 is 0. The summed E-state index contributed by atoms with van der Waals surface area (Å²) in [6, 6.07) is 0. The molecule has 0 aromatic rings. The van der Waals surface area contributed by atoms with E-state index in [-0.39, 0.29) is 0 Å². The van der Waals surface area contributed by atoms with Gasteiger partial charge in [-0.05, 0) is 48.5 Å². The second-order valence-corrected chi connectivity index (χ2v) is 6.58. The molecule has 1 saturated carbocycles. The van der Waals surface area contributed by atoms with Crippen LogP contribution in [0.1, 0.15) is 65.2 Å². The molecule has 1 fully saturated rings. The average molecular weight is 216 g/mol. The first-order valence-electron chi connectivity index (χ1n) is 7.05. The highest BCUT2D eigenvalue weighted by Gasteiger charge is 2.49. The van der Waals surface area contributed by atoms with Crippen molar-refractivity contribution >= 4 is 0 Å². The van der Waals surface area contributed by atoms with Gasteiger partial charge in [0.15, 0.2) is 0 Å². The molecule has 3 aliphatic carbocycles. The van der Waals surface area contributed by atoms with Crippen LogP contribution < -0.4 is 0 Å². The van der Waals surface area contributed by atoms with Gasteiger partial charge in [0.1, 0.15) is 0 Å². The number of hydrogen-bond donors (Lipinski definition) is 0. The summed E-state index contributed by atoms with van der Waals surface area (Å²) in [6.45, 7) is 5.12. The van der Waals surface area contributed by atoms with Gasteiger partial charge in [-0.2, -0.15) is 0 Å². The van der Waals surface area contributed by atoms with Gasteiger partial charge in [-0.15, -0.1) is 0 Å². The summed E-state index contributed by atoms with van der Waals surface area (Å²) in [5, 5.41) is 0. The van der Waals surface area contributed by atoms with Crippen molar-refractivity contribution in [2.24, 2.45) is 10.8 Å². The molecular formula is C16H24. The Morgan fingerprint density at radius 2 is 1.75 bits per heavy atom. The lowest BCUT2D eigenvalue weighted by atomic mass is 9.56. The third-order valence-electron chi connectivity index (χ3n) is 5.84. The molecule has 0 nitrogen and oxygen atoms in total. The summed E-state index contributed by atoms with van der Waals surface area (Å²) in [5.41, 5.74) is 4.57. The van der Waals surface area contributed by atoms with Gasteiger partial charge in [-0.1, -0.05) is 50.8 Å². The fourth-order valence-electron chi connectivity index (χ4n) is 4.40. The highest BCUT2D eigenvalue weighted by atomic mass is 14.5. The molecule has 0 aromatic heterocycles. The van der Waals surface area contributed by atoms with Crippen LogP contribution in [0.3, 0.4) is 0 Å². The van der Waals surface area contributed by atoms with Gasteiger partial charge in [0, 0.05) is 0 Å². The minimum atomic E-state index is 0.496. The van der Waals surface area contributed by atoms with Crippen molar-refractivity contribution in [1.29, 1.82) is 0 Å². The molecule has 3 aliphatic rings. The minimum Gasteiger partial charge on any atom is -0.0802 e. The van der Waals surface area contributed by atoms with Gasteiger partial charge in [0.2, 0.25) is 0 Å². The SMILES string of the molecule is CC1(C2(C)CCC3=C2C=CC3)CCCCC1. The van der Waals surface area contributed by atoms with Crippen molar-refractivity contribution in [2.75, 3.05) is 0 Å². The molecule has 0 aliphatic heterocycles. The molecule has 0 spiro atoms. The summed E-state index contributed by atoms with van der Waals surface area (Å²) in [6.07, 6.45) is 16.1. The highest BCUT2D eigenvalue weighted by molar-refractivity contribution is 5.44. The Morgan fingerprint density at radius 1 is 1.00 bits per heavy atom. The van der Waals surface area contributed by atoms with E-state index in [4.69, 9.17) is 0 Å². The molecule has 0 heteroatoms. The van der Waals surface area contributed by atoms with Crippen LogP contribution in [0, 0.1) is 10.8 Å². The van der Waals surface area contributed by atoms with Crippen LogP contribution in [0.2, 0.25) is 0 Å². The monoisotopic (exact) mass is 216 g/mol. The lowest BCUT2D eigenvalue weighted by Crippen LogP contribution is -2.38. The van der Waals surface area contributed by atoms with E-state index in [1.807, 2.05) is 0 Å². The molecule has 0 amide bonds. The Bertz CT molecular complexity index is 352. The summed E-state index contributed by atoms with van der Waals surface area (Å²) >= 11 is 0. The maximum atomic E-state index is 2.56. The van der Waals surface area contributed by atoms with Crippen LogP contribution in [-0.2, 0) is 0 Å². The Balaban J connectivity index is 1.95. The smallest absolute Gasteiger partial charge is 0.00189 e. The van der Waals surface area contributed by atoms with Crippen LogP contribution in [0.15, 0.2) is 23.3 Å². The minimum absolute atomic E-state index is 0.496. The number of allylic oxidation sites excluding steroid dienone is 4. The third-order valence-corrected chi connectivity index (χ3v) is 5.84. The Labute approximate surface area is 99.8 Å². The lowest BCUT2D eigenvalue weighted by molar-refractivity contribution is 0.0623. The van der Waals surface area contributed by atoms with Crippen LogP contribution in [0.4, 0.5) is 0 Å². The molecule has 0 bridgehead atoms. The van der Waals surface area contributed by atoms with E-state index < -0.39 is 0 Å². The zero-order valence-electron chi connectivity index (χ0n) is 10.8. The molecule has 0 N–H and O–H groups in total. The van der Waals surface area contributed by atoms with E-state index >= 15 is 0 Å². The standard InChI is InChI=1S/C16H24/c1-15(10-4-3-5-11-15)16(2)12-9-13-7-6-8-14(13)16/h6,8H,3-5,7,9-12H2,1-2H3. The van der Waals surface area contributed by atoms with E-state index in [2.05, 4.69) is 26.0 Å². The van der Waals surface area contributed by atoms with Crippen LogP contribution in [0.25, 0.3) is 0 Å². The summed E-state index contributed by atoms with van der Waals surface area (Å²) in [5.74, 6) is 0. The normalized spacial score (nSPS) is 36.9. The first kappa shape index (κ1) is 10.6. The molecule has 0 heterocycles. The van der Waals surface area contributed by atoms with E-state index in [0.29, 0.717) is 10.8 Å². The van der Waals surface area contributed by atoms with Crippen LogP contribution in [0.5, 0.6) is 0 Å².